The van der Waals surface area contributed by atoms with Crippen LogP contribution in [-0.2, 0) is 48.9 Å². The molecule has 0 heterocycles. The molecule has 0 aliphatic heterocycles. The Bertz CT molecular complexity index is 301. The molecule has 0 aromatic rings. The minimum absolute atomic E-state index is 0. The zero-order valence-electron chi connectivity index (χ0n) is 6.10. The molecule has 8 nitrogen and oxygen atoms in total. The molecule has 2 N–H and O–H groups in total. The molecule has 0 saturated heterocycles. The Morgan fingerprint density at radius 3 is 0.727 bits per heavy atom. The van der Waals surface area contributed by atoms with Crippen molar-refractivity contribution >= 4 is 0 Å². The summed E-state index contributed by atoms with van der Waals surface area (Å²) in [7, 11) is 0. The molecule has 0 radical (unpaired) electrons. The van der Waals surface area contributed by atoms with E-state index in [0.717, 1.165) is 0 Å². The SMILES string of the molecule is [H-].[K+].[O]=[Mn](=[O])(=[O])[OH].[O]=[Mn](=[O])(=[O])[OH]. The fraction of sp³-hybridized carbons (Fsp3) is 0. The standard InChI is InChI=1S/K.2Mn.2H2O.6O.H/h;;;2*1H2;;;;;;;/q3*+1;;;;;;;;;-1/p-2. The van der Waals surface area contributed by atoms with Crippen molar-refractivity contribution in [2.75, 3.05) is 0 Å². The van der Waals surface area contributed by atoms with E-state index >= 15 is 0 Å². The summed E-state index contributed by atoms with van der Waals surface area (Å²) in [6.45, 7) is 0. The van der Waals surface area contributed by atoms with Gasteiger partial charge in [0.15, 0.2) is 0 Å². The second-order valence-corrected chi connectivity index (χ2v) is 3.27. The van der Waals surface area contributed by atoms with Crippen molar-refractivity contribution in [3.8, 4) is 0 Å². The van der Waals surface area contributed by atoms with Gasteiger partial charge in [-0.05, 0) is 0 Å². The molecule has 0 amide bonds. The number of rotatable bonds is 0. The average Bonchev–Trinajstić information content (AvgIpc) is 1.12. The molecule has 0 saturated carbocycles. The molecular weight excluding hydrogens is 277 g/mol. The zero-order valence-corrected chi connectivity index (χ0v) is 10.6. The number of hydrogen-bond donors (Lipinski definition) is 2. The van der Waals surface area contributed by atoms with Crippen LogP contribution in [0.5, 0.6) is 0 Å². The molecule has 0 spiro atoms. The van der Waals surface area contributed by atoms with Gasteiger partial charge in [-0.2, -0.15) is 0 Å². The van der Waals surface area contributed by atoms with Crippen LogP contribution in [0.1, 0.15) is 1.43 Å². The van der Waals surface area contributed by atoms with Crippen LogP contribution in [0.3, 0.4) is 0 Å². The normalized spacial score (nSPS) is 10.4. The van der Waals surface area contributed by atoms with Gasteiger partial charge < -0.3 is 1.43 Å². The molecule has 0 aromatic heterocycles. The Morgan fingerprint density at radius 1 is 0.727 bits per heavy atom. The van der Waals surface area contributed by atoms with E-state index < -0.39 is 25.9 Å². The monoisotopic (exact) mass is 280 g/mol. The van der Waals surface area contributed by atoms with Crippen LogP contribution in [0.2, 0.25) is 0 Å². The summed E-state index contributed by atoms with van der Waals surface area (Å²) in [5.74, 6) is 0. The van der Waals surface area contributed by atoms with E-state index in [1.165, 1.54) is 0 Å². The minimum atomic E-state index is -5.38. The predicted molar refractivity (Wildman–Crippen MR) is 9.67 cm³/mol. The maximum atomic E-state index is 8.69. The summed E-state index contributed by atoms with van der Waals surface area (Å²) >= 11 is -10.8. The van der Waals surface area contributed by atoms with Crippen molar-refractivity contribution in [1.82, 2.24) is 0 Å². The average molecular weight is 280 g/mol. The third kappa shape index (κ3) is 517. The van der Waals surface area contributed by atoms with E-state index in [2.05, 4.69) is 0 Å². The molecule has 0 rings (SSSR count). The van der Waals surface area contributed by atoms with E-state index in [1.54, 1.807) is 0 Å². The van der Waals surface area contributed by atoms with Crippen LogP contribution in [-0.4, -0.2) is 8.38 Å². The van der Waals surface area contributed by atoms with E-state index in [4.69, 9.17) is 31.4 Å². The van der Waals surface area contributed by atoms with Crippen molar-refractivity contribution in [2.45, 2.75) is 0 Å². The topological polar surface area (TPSA) is 143 Å². The van der Waals surface area contributed by atoms with E-state index in [1.807, 2.05) is 0 Å². The van der Waals surface area contributed by atoms with Crippen molar-refractivity contribution in [1.29, 1.82) is 0 Å². The molecule has 0 aliphatic rings. The second-order valence-electron chi connectivity index (χ2n) is 0.792. The van der Waals surface area contributed by atoms with Crippen LogP contribution < -0.4 is 51.4 Å². The molecular formula is H3KMn2O8. The molecule has 0 aromatic carbocycles. The third-order valence-electron chi connectivity index (χ3n) is 0. The van der Waals surface area contributed by atoms with Gasteiger partial charge in [-0.3, -0.25) is 0 Å². The molecule has 66 valence electrons. The predicted octanol–water partition coefficient (Wildman–Crippen LogP) is -4.72. The van der Waals surface area contributed by atoms with Gasteiger partial charge >= 0.3 is 109 Å². The van der Waals surface area contributed by atoms with Gasteiger partial charge in [0.1, 0.15) is 0 Å². The Balaban J connectivity index is -0.0000000457. The first-order chi connectivity index (χ1) is 4.00. The van der Waals surface area contributed by atoms with Gasteiger partial charge in [0.05, 0.1) is 0 Å². The van der Waals surface area contributed by atoms with Crippen molar-refractivity contribution < 1.29 is 110 Å². The quantitative estimate of drug-likeness (QED) is 0.421. The molecule has 0 bridgehead atoms. The van der Waals surface area contributed by atoms with Crippen LogP contribution in [0, 0.1) is 0 Å². The molecule has 11 heavy (non-hydrogen) atoms. The molecule has 0 unspecified atom stereocenters. The first-order valence-corrected chi connectivity index (χ1v) is 5.21. The Kier molecular flexibility index (Phi) is 11.4. The van der Waals surface area contributed by atoms with E-state index in [0.29, 0.717) is 0 Å². The Labute approximate surface area is 108 Å². The fourth-order valence-corrected chi connectivity index (χ4v) is 0. The summed E-state index contributed by atoms with van der Waals surface area (Å²) in [4.78, 5) is 0. The summed E-state index contributed by atoms with van der Waals surface area (Å²) in [5.41, 5.74) is 0. The molecule has 0 aliphatic carbocycles. The molecule has 0 atom stereocenters. The van der Waals surface area contributed by atoms with Crippen molar-refractivity contribution in [2.24, 2.45) is 0 Å². The third-order valence-corrected chi connectivity index (χ3v) is 0. The Morgan fingerprint density at radius 2 is 0.727 bits per heavy atom. The maximum absolute atomic E-state index is 8.69. The van der Waals surface area contributed by atoms with Gasteiger partial charge in [-0.15, -0.1) is 0 Å². The van der Waals surface area contributed by atoms with E-state index in [9.17, 15) is 0 Å². The van der Waals surface area contributed by atoms with Crippen LogP contribution >= 0.6 is 0 Å². The van der Waals surface area contributed by atoms with Gasteiger partial charge in [-0.25, -0.2) is 0 Å². The van der Waals surface area contributed by atoms with Crippen LogP contribution in [0.15, 0.2) is 0 Å². The first kappa shape index (κ1) is 18.2. The second kappa shape index (κ2) is 6.86. The van der Waals surface area contributed by atoms with E-state index in [-0.39, 0.29) is 52.8 Å². The van der Waals surface area contributed by atoms with Crippen LogP contribution in [0.4, 0.5) is 0 Å². The number of hydrogen-bond acceptors (Lipinski definition) is 6. The summed E-state index contributed by atoms with van der Waals surface area (Å²) in [6, 6.07) is 0. The summed E-state index contributed by atoms with van der Waals surface area (Å²) in [5, 5.41) is 0. The zero-order chi connectivity index (χ0) is 9.00. The summed E-state index contributed by atoms with van der Waals surface area (Å²) in [6.07, 6.45) is 0. The summed E-state index contributed by atoms with van der Waals surface area (Å²) < 4.78 is 66.1. The van der Waals surface area contributed by atoms with Crippen LogP contribution in [0.25, 0.3) is 0 Å². The fourth-order valence-electron chi connectivity index (χ4n) is 0. The van der Waals surface area contributed by atoms with Gasteiger partial charge in [0, 0.05) is 0 Å². The first-order valence-electron chi connectivity index (χ1n) is 1.26. The van der Waals surface area contributed by atoms with Gasteiger partial charge in [0.2, 0.25) is 0 Å². The van der Waals surface area contributed by atoms with Crippen molar-refractivity contribution in [3.63, 3.8) is 0 Å². The van der Waals surface area contributed by atoms with Gasteiger partial charge in [0.25, 0.3) is 0 Å². The molecule has 0 fully saturated rings. The Hall–Kier alpha value is 1.40. The van der Waals surface area contributed by atoms with Crippen molar-refractivity contribution in [3.05, 3.63) is 0 Å². The molecule has 11 heteroatoms. The van der Waals surface area contributed by atoms with Gasteiger partial charge in [-0.1, -0.05) is 0 Å².